The number of carbonyl (C=O) groups is 2. The Morgan fingerprint density at radius 3 is 2.48 bits per heavy atom. The Bertz CT molecular complexity index is 568. The van der Waals surface area contributed by atoms with Crippen LogP contribution in [0.25, 0.3) is 0 Å². The summed E-state index contributed by atoms with van der Waals surface area (Å²) in [7, 11) is 0. The summed E-state index contributed by atoms with van der Waals surface area (Å²) in [6, 6.07) is 6.45. The highest BCUT2D eigenvalue weighted by molar-refractivity contribution is 5.76. The van der Waals surface area contributed by atoms with Crippen molar-refractivity contribution in [2.24, 2.45) is 0 Å². The molecule has 0 N–H and O–H groups in total. The standard InChI is InChI=1S/C17H21FN2O3/c18-14-4-1-13(2-5-14)3-6-16(21)19-9-7-15(8-10-19)20-11-12-23-17(20)22/h1-2,4-5,15H,3,6-12H2. The lowest BCUT2D eigenvalue weighted by molar-refractivity contribution is -0.132. The van der Waals surface area contributed by atoms with Crippen molar-refractivity contribution >= 4 is 12.0 Å². The minimum absolute atomic E-state index is 0.122. The van der Waals surface area contributed by atoms with Gasteiger partial charge in [-0.05, 0) is 37.0 Å². The van der Waals surface area contributed by atoms with Gasteiger partial charge in [-0.2, -0.15) is 0 Å². The summed E-state index contributed by atoms with van der Waals surface area (Å²) < 4.78 is 17.8. The van der Waals surface area contributed by atoms with E-state index in [9.17, 15) is 14.0 Å². The SMILES string of the molecule is O=C(CCc1ccc(F)cc1)N1CCC(N2CCOC2=O)CC1. The van der Waals surface area contributed by atoms with Crippen LogP contribution in [-0.2, 0) is 16.0 Å². The number of cyclic esters (lactones) is 1. The van der Waals surface area contributed by atoms with E-state index < -0.39 is 0 Å². The van der Waals surface area contributed by atoms with Crippen LogP contribution in [0.1, 0.15) is 24.8 Å². The topological polar surface area (TPSA) is 49.9 Å². The zero-order valence-electron chi connectivity index (χ0n) is 13.0. The van der Waals surface area contributed by atoms with Crippen LogP contribution < -0.4 is 0 Å². The van der Waals surface area contributed by atoms with Crippen molar-refractivity contribution < 1.29 is 18.7 Å². The Hall–Kier alpha value is -2.11. The molecule has 2 saturated heterocycles. The molecule has 3 rings (SSSR count). The molecular formula is C17H21FN2O3. The van der Waals surface area contributed by atoms with Crippen molar-refractivity contribution in [3.8, 4) is 0 Å². The summed E-state index contributed by atoms with van der Waals surface area (Å²) in [4.78, 5) is 27.5. The Balaban J connectivity index is 1.44. The number of rotatable bonds is 4. The Labute approximate surface area is 135 Å². The summed E-state index contributed by atoms with van der Waals surface area (Å²) in [5.74, 6) is -0.139. The predicted molar refractivity (Wildman–Crippen MR) is 82.4 cm³/mol. The molecule has 5 nitrogen and oxygen atoms in total. The number of hydrogen-bond acceptors (Lipinski definition) is 3. The molecule has 0 aliphatic carbocycles. The zero-order valence-corrected chi connectivity index (χ0v) is 13.0. The average molecular weight is 320 g/mol. The van der Waals surface area contributed by atoms with Gasteiger partial charge in [0.15, 0.2) is 0 Å². The largest absolute Gasteiger partial charge is 0.448 e. The fourth-order valence-corrected chi connectivity index (χ4v) is 3.22. The van der Waals surface area contributed by atoms with Crippen molar-refractivity contribution in [2.75, 3.05) is 26.2 Å². The third-order valence-electron chi connectivity index (χ3n) is 4.59. The van der Waals surface area contributed by atoms with Crippen molar-refractivity contribution in [3.05, 3.63) is 35.6 Å². The third-order valence-corrected chi connectivity index (χ3v) is 4.59. The van der Waals surface area contributed by atoms with Gasteiger partial charge in [0.2, 0.25) is 5.91 Å². The van der Waals surface area contributed by atoms with Gasteiger partial charge in [0, 0.05) is 25.6 Å². The molecule has 0 bridgehead atoms. The second-order valence-electron chi connectivity index (χ2n) is 6.05. The van der Waals surface area contributed by atoms with Gasteiger partial charge in [0.1, 0.15) is 12.4 Å². The number of hydrogen-bond donors (Lipinski definition) is 0. The first-order valence-corrected chi connectivity index (χ1v) is 8.09. The van der Waals surface area contributed by atoms with E-state index in [1.807, 2.05) is 4.90 Å². The maximum absolute atomic E-state index is 12.9. The maximum Gasteiger partial charge on any atom is 0.410 e. The number of nitrogens with zero attached hydrogens (tertiary/aromatic N) is 2. The molecule has 1 aromatic rings. The quantitative estimate of drug-likeness (QED) is 0.854. The van der Waals surface area contributed by atoms with Crippen LogP contribution in [-0.4, -0.2) is 54.1 Å². The smallest absolute Gasteiger partial charge is 0.410 e. The molecule has 2 aliphatic rings. The minimum atomic E-state index is -0.261. The zero-order chi connectivity index (χ0) is 16.2. The second-order valence-corrected chi connectivity index (χ2v) is 6.05. The Morgan fingerprint density at radius 1 is 1.17 bits per heavy atom. The maximum atomic E-state index is 12.9. The van der Waals surface area contributed by atoms with Crippen molar-refractivity contribution in [3.63, 3.8) is 0 Å². The van der Waals surface area contributed by atoms with E-state index in [0.29, 0.717) is 39.1 Å². The summed E-state index contributed by atoms with van der Waals surface area (Å²) in [6.45, 7) is 2.48. The van der Waals surface area contributed by atoms with Gasteiger partial charge in [-0.3, -0.25) is 4.79 Å². The fraction of sp³-hybridized carbons (Fsp3) is 0.529. The minimum Gasteiger partial charge on any atom is -0.448 e. The van der Waals surface area contributed by atoms with Crippen LogP contribution in [0.3, 0.4) is 0 Å². The Morgan fingerprint density at radius 2 is 1.87 bits per heavy atom. The molecule has 2 heterocycles. The van der Waals surface area contributed by atoms with Crippen molar-refractivity contribution in [1.29, 1.82) is 0 Å². The van der Waals surface area contributed by atoms with E-state index in [1.54, 1.807) is 17.0 Å². The summed E-state index contributed by atoms with van der Waals surface area (Å²) in [5.41, 5.74) is 0.967. The highest BCUT2D eigenvalue weighted by atomic mass is 19.1. The number of carbonyl (C=O) groups excluding carboxylic acids is 2. The fourth-order valence-electron chi connectivity index (χ4n) is 3.22. The summed E-state index contributed by atoms with van der Waals surface area (Å²) in [6.07, 6.45) is 2.43. The lowest BCUT2D eigenvalue weighted by atomic mass is 10.0. The van der Waals surface area contributed by atoms with Crippen molar-refractivity contribution in [2.45, 2.75) is 31.7 Å². The molecule has 0 radical (unpaired) electrons. The lowest BCUT2D eigenvalue weighted by Gasteiger charge is -2.35. The van der Waals surface area contributed by atoms with Crippen LogP contribution in [0.5, 0.6) is 0 Å². The number of piperidine rings is 1. The predicted octanol–water partition coefficient (Wildman–Crippen LogP) is 2.20. The van der Waals surface area contributed by atoms with Gasteiger partial charge in [-0.15, -0.1) is 0 Å². The van der Waals surface area contributed by atoms with Crippen LogP contribution in [0, 0.1) is 5.82 Å². The molecule has 0 saturated carbocycles. The third kappa shape index (κ3) is 3.81. The number of halogens is 1. The van der Waals surface area contributed by atoms with E-state index in [1.165, 1.54) is 12.1 Å². The van der Waals surface area contributed by atoms with Crippen LogP contribution >= 0.6 is 0 Å². The van der Waals surface area contributed by atoms with E-state index >= 15 is 0 Å². The average Bonchev–Trinajstić information content (AvgIpc) is 3.00. The number of amides is 2. The molecule has 124 valence electrons. The van der Waals surface area contributed by atoms with E-state index in [4.69, 9.17) is 4.74 Å². The van der Waals surface area contributed by atoms with Crippen LogP contribution in [0.15, 0.2) is 24.3 Å². The number of likely N-dealkylation sites (tertiary alicyclic amines) is 1. The summed E-state index contributed by atoms with van der Waals surface area (Å²) >= 11 is 0. The molecule has 6 heteroatoms. The molecule has 0 unspecified atom stereocenters. The van der Waals surface area contributed by atoms with E-state index in [2.05, 4.69) is 0 Å². The van der Waals surface area contributed by atoms with Gasteiger partial charge in [-0.25, -0.2) is 9.18 Å². The lowest BCUT2D eigenvalue weighted by Crippen LogP contribution is -2.47. The Kier molecular flexibility index (Phi) is 4.79. The number of benzene rings is 1. The molecular weight excluding hydrogens is 299 g/mol. The number of ether oxygens (including phenoxy) is 1. The number of aryl methyl sites for hydroxylation is 1. The van der Waals surface area contributed by atoms with Gasteiger partial charge in [-0.1, -0.05) is 12.1 Å². The highest BCUT2D eigenvalue weighted by Crippen LogP contribution is 2.20. The summed E-state index contributed by atoms with van der Waals surface area (Å²) in [5, 5.41) is 0. The van der Waals surface area contributed by atoms with E-state index in [-0.39, 0.29) is 23.9 Å². The molecule has 0 atom stereocenters. The molecule has 1 aromatic carbocycles. The molecule has 0 aromatic heterocycles. The van der Waals surface area contributed by atoms with Gasteiger partial charge >= 0.3 is 6.09 Å². The first-order chi connectivity index (χ1) is 11.1. The molecule has 23 heavy (non-hydrogen) atoms. The van der Waals surface area contributed by atoms with Crippen LogP contribution in [0.4, 0.5) is 9.18 Å². The first kappa shape index (κ1) is 15.8. The van der Waals surface area contributed by atoms with Crippen LogP contribution in [0.2, 0.25) is 0 Å². The second kappa shape index (κ2) is 6.98. The normalized spacial score (nSPS) is 19.1. The molecule has 2 amide bonds. The van der Waals surface area contributed by atoms with Crippen molar-refractivity contribution in [1.82, 2.24) is 9.80 Å². The molecule has 2 fully saturated rings. The van der Waals surface area contributed by atoms with Gasteiger partial charge in [0.05, 0.1) is 6.54 Å². The molecule has 2 aliphatic heterocycles. The monoisotopic (exact) mass is 320 g/mol. The highest BCUT2D eigenvalue weighted by Gasteiger charge is 2.33. The van der Waals surface area contributed by atoms with Gasteiger partial charge < -0.3 is 14.5 Å². The van der Waals surface area contributed by atoms with Gasteiger partial charge in [0.25, 0.3) is 0 Å². The van der Waals surface area contributed by atoms with E-state index in [0.717, 1.165) is 18.4 Å². The molecule has 0 spiro atoms. The first-order valence-electron chi connectivity index (χ1n) is 8.09.